The molecular weight excluding hydrogens is 460 g/mol. The van der Waals surface area contributed by atoms with Crippen LogP contribution in [0.3, 0.4) is 0 Å². The molecule has 4 rings (SSSR count). The second-order valence-electron chi connectivity index (χ2n) is 6.97. The zero-order chi connectivity index (χ0) is 21.8. The highest BCUT2D eigenvalue weighted by Crippen LogP contribution is 2.26. The Hall–Kier alpha value is -2.17. The molecule has 10 heteroatoms. The maximum atomic E-state index is 12.7. The lowest BCUT2D eigenvalue weighted by Gasteiger charge is -2.34. The van der Waals surface area contributed by atoms with Gasteiger partial charge in [0.1, 0.15) is 0 Å². The van der Waals surface area contributed by atoms with Gasteiger partial charge < -0.3 is 14.5 Å². The number of nitrogens with zero attached hydrogens (tertiary/aromatic N) is 1. The number of hydrogen-bond acceptors (Lipinski definition) is 7. The molecule has 0 radical (unpaired) electrons. The SMILES string of the molecule is O=C(NCC(c1cccs1)N1CCOCC1)c1ccc(S(=O)(=O)c2ccc(Cl)cc2)o1. The summed E-state index contributed by atoms with van der Waals surface area (Å²) < 4.78 is 36.3. The van der Waals surface area contributed by atoms with Crippen LogP contribution >= 0.6 is 22.9 Å². The van der Waals surface area contributed by atoms with Crippen molar-refractivity contribution in [2.45, 2.75) is 16.0 Å². The number of amides is 1. The molecule has 1 saturated heterocycles. The summed E-state index contributed by atoms with van der Waals surface area (Å²) in [7, 11) is -3.88. The number of hydrogen-bond donors (Lipinski definition) is 1. The van der Waals surface area contributed by atoms with Gasteiger partial charge in [0.15, 0.2) is 5.76 Å². The highest BCUT2D eigenvalue weighted by Gasteiger charge is 2.26. The number of ether oxygens (including phenoxy) is 1. The fourth-order valence-electron chi connectivity index (χ4n) is 3.37. The molecule has 3 aromatic rings. The van der Waals surface area contributed by atoms with Gasteiger partial charge in [0.25, 0.3) is 5.91 Å². The zero-order valence-electron chi connectivity index (χ0n) is 16.5. The lowest BCUT2D eigenvalue weighted by Crippen LogP contribution is -2.43. The number of benzene rings is 1. The van der Waals surface area contributed by atoms with Crippen LogP contribution in [0.4, 0.5) is 0 Å². The molecule has 1 aromatic carbocycles. The van der Waals surface area contributed by atoms with Gasteiger partial charge in [-0.2, -0.15) is 0 Å². The normalized spacial score (nSPS) is 16.2. The van der Waals surface area contributed by atoms with Crippen molar-refractivity contribution in [2.24, 2.45) is 0 Å². The van der Waals surface area contributed by atoms with Crippen molar-refractivity contribution in [3.05, 3.63) is 69.6 Å². The Kier molecular flexibility index (Phi) is 6.78. The molecule has 164 valence electrons. The van der Waals surface area contributed by atoms with Gasteiger partial charge in [0.05, 0.1) is 24.2 Å². The molecule has 0 saturated carbocycles. The van der Waals surface area contributed by atoms with E-state index >= 15 is 0 Å². The summed E-state index contributed by atoms with van der Waals surface area (Å²) in [6, 6.07) is 12.5. The standard InChI is InChI=1S/C21H21ClN2O5S2/c22-15-3-5-16(6-4-15)31(26,27)20-8-7-18(29-20)21(25)23-14-17(19-2-1-13-30-19)24-9-11-28-12-10-24/h1-8,13,17H,9-12,14H2,(H,23,25). The minimum atomic E-state index is -3.88. The monoisotopic (exact) mass is 480 g/mol. The van der Waals surface area contributed by atoms with Gasteiger partial charge in [-0.25, -0.2) is 8.42 Å². The van der Waals surface area contributed by atoms with Gasteiger partial charge in [-0.15, -0.1) is 11.3 Å². The van der Waals surface area contributed by atoms with E-state index in [1.807, 2.05) is 17.5 Å². The van der Waals surface area contributed by atoms with Crippen LogP contribution in [0.2, 0.25) is 5.02 Å². The van der Waals surface area contributed by atoms with Crippen LogP contribution in [-0.2, 0) is 14.6 Å². The molecule has 2 aromatic heterocycles. The van der Waals surface area contributed by atoms with E-state index in [0.29, 0.717) is 24.8 Å². The predicted octanol–water partition coefficient (Wildman–Crippen LogP) is 3.63. The molecule has 0 spiro atoms. The molecule has 1 unspecified atom stereocenters. The molecule has 1 fully saturated rings. The highest BCUT2D eigenvalue weighted by molar-refractivity contribution is 7.91. The van der Waals surface area contributed by atoms with E-state index in [-0.39, 0.29) is 21.8 Å². The van der Waals surface area contributed by atoms with Crippen LogP contribution in [0, 0.1) is 0 Å². The summed E-state index contributed by atoms with van der Waals surface area (Å²) in [6.07, 6.45) is 0. The van der Waals surface area contributed by atoms with E-state index in [0.717, 1.165) is 18.0 Å². The lowest BCUT2D eigenvalue weighted by molar-refractivity contribution is 0.0168. The molecule has 1 atom stereocenters. The first-order valence-corrected chi connectivity index (χ1v) is 12.4. The number of sulfone groups is 1. The van der Waals surface area contributed by atoms with Gasteiger partial charge in [0.2, 0.25) is 14.9 Å². The smallest absolute Gasteiger partial charge is 0.287 e. The Bertz CT molecular complexity index is 1120. The minimum absolute atomic E-state index is 0.0140. The summed E-state index contributed by atoms with van der Waals surface area (Å²) in [5.74, 6) is -0.521. The van der Waals surface area contributed by atoms with Crippen LogP contribution in [0.5, 0.6) is 0 Å². The lowest BCUT2D eigenvalue weighted by atomic mass is 10.2. The van der Waals surface area contributed by atoms with Gasteiger partial charge in [-0.3, -0.25) is 9.69 Å². The minimum Gasteiger partial charge on any atom is -0.439 e. The van der Waals surface area contributed by atoms with Crippen LogP contribution < -0.4 is 5.32 Å². The molecule has 1 aliphatic heterocycles. The molecule has 3 heterocycles. The summed E-state index contributed by atoms with van der Waals surface area (Å²) >= 11 is 7.46. The summed E-state index contributed by atoms with van der Waals surface area (Å²) in [4.78, 5) is 16.1. The largest absolute Gasteiger partial charge is 0.439 e. The fraction of sp³-hybridized carbons (Fsp3) is 0.286. The molecule has 1 amide bonds. The molecular formula is C21H21ClN2O5S2. The molecule has 0 aliphatic carbocycles. The number of thiophene rings is 1. The number of carbonyl (C=O) groups excluding carboxylic acids is 1. The van der Waals surface area contributed by atoms with E-state index in [4.69, 9.17) is 20.8 Å². The fourth-order valence-corrected chi connectivity index (χ4v) is 5.53. The van der Waals surface area contributed by atoms with Crippen molar-refractivity contribution < 1.29 is 22.4 Å². The van der Waals surface area contributed by atoms with Crippen LogP contribution in [0.1, 0.15) is 21.5 Å². The number of furan rings is 1. The predicted molar refractivity (Wildman–Crippen MR) is 117 cm³/mol. The van der Waals surface area contributed by atoms with Crippen LogP contribution in [0.15, 0.2) is 68.3 Å². The summed E-state index contributed by atoms with van der Waals surface area (Å²) in [5.41, 5.74) is 0. The maximum absolute atomic E-state index is 12.7. The van der Waals surface area contributed by atoms with Crippen molar-refractivity contribution >= 4 is 38.7 Å². The Morgan fingerprint density at radius 2 is 1.87 bits per heavy atom. The van der Waals surface area contributed by atoms with Crippen molar-refractivity contribution in [3.63, 3.8) is 0 Å². The first kappa shape index (κ1) is 22.0. The van der Waals surface area contributed by atoms with E-state index in [2.05, 4.69) is 10.2 Å². The van der Waals surface area contributed by atoms with Crippen LogP contribution in [-0.4, -0.2) is 52.1 Å². The third kappa shape index (κ3) is 5.02. The second kappa shape index (κ2) is 9.54. The summed E-state index contributed by atoms with van der Waals surface area (Å²) in [5, 5.41) is 5.02. The number of rotatable bonds is 7. The third-order valence-corrected chi connectivity index (χ3v) is 7.88. The van der Waals surface area contributed by atoms with Crippen LogP contribution in [0.25, 0.3) is 0 Å². The van der Waals surface area contributed by atoms with E-state index in [1.54, 1.807) is 11.3 Å². The van der Waals surface area contributed by atoms with Gasteiger partial charge in [-0.1, -0.05) is 17.7 Å². The Morgan fingerprint density at radius 1 is 1.13 bits per heavy atom. The van der Waals surface area contributed by atoms with Crippen molar-refractivity contribution in [1.29, 1.82) is 0 Å². The van der Waals surface area contributed by atoms with Gasteiger partial charge >= 0.3 is 0 Å². The number of carbonyl (C=O) groups is 1. The van der Waals surface area contributed by atoms with E-state index in [1.165, 1.54) is 36.4 Å². The Labute approximate surface area is 189 Å². The topological polar surface area (TPSA) is 88.9 Å². The number of morpholine rings is 1. The van der Waals surface area contributed by atoms with Gasteiger partial charge in [-0.05, 0) is 47.8 Å². The van der Waals surface area contributed by atoms with Crippen molar-refractivity contribution in [3.8, 4) is 0 Å². The van der Waals surface area contributed by atoms with E-state index in [9.17, 15) is 13.2 Å². The average Bonchev–Trinajstić information content (AvgIpc) is 3.48. The average molecular weight is 481 g/mol. The van der Waals surface area contributed by atoms with Crippen molar-refractivity contribution in [2.75, 3.05) is 32.8 Å². The number of halogens is 1. The number of nitrogens with one attached hydrogen (secondary N) is 1. The highest BCUT2D eigenvalue weighted by atomic mass is 35.5. The zero-order valence-corrected chi connectivity index (χ0v) is 18.9. The molecule has 0 bridgehead atoms. The first-order chi connectivity index (χ1) is 14.9. The quantitative estimate of drug-likeness (QED) is 0.555. The molecule has 1 N–H and O–H groups in total. The Balaban J connectivity index is 1.46. The van der Waals surface area contributed by atoms with Gasteiger partial charge in [0, 0.05) is 29.5 Å². The summed E-state index contributed by atoms with van der Waals surface area (Å²) in [6.45, 7) is 3.24. The molecule has 1 aliphatic rings. The first-order valence-electron chi connectivity index (χ1n) is 9.69. The maximum Gasteiger partial charge on any atom is 0.287 e. The molecule has 7 nitrogen and oxygen atoms in total. The Morgan fingerprint density at radius 3 is 2.55 bits per heavy atom. The second-order valence-corrected chi connectivity index (χ2v) is 10.3. The third-order valence-electron chi connectivity index (χ3n) is 5.01. The van der Waals surface area contributed by atoms with E-state index < -0.39 is 15.7 Å². The van der Waals surface area contributed by atoms with Crippen molar-refractivity contribution in [1.82, 2.24) is 10.2 Å². The molecule has 31 heavy (non-hydrogen) atoms.